The smallest absolute Gasteiger partial charge is 0.104 e. The van der Waals surface area contributed by atoms with Crippen molar-refractivity contribution in [3.05, 3.63) is 11.6 Å². The van der Waals surface area contributed by atoms with Crippen molar-refractivity contribution in [3.63, 3.8) is 0 Å². The van der Waals surface area contributed by atoms with Gasteiger partial charge in [-0.15, -0.1) is 0 Å². The monoisotopic (exact) mass is 198 g/mol. The Hall–Kier alpha value is -0.370. The van der Waals surface area contributed by atoms with Crippen LogP contribution in [-0.4, -0.2) is 19.4 Å². The van der Waals surface area contributed by atoms with E-state index in [2.05, 4.69) is 6.08 Å². The molecule has 2 bridgehead atoms. The molecule has 0 aliphatic heterocycles. The lowest BCUT2D eigenvalue weighted by molar-refractivity contribution is 0.00784. The molecule has 2 aliphatic rings. The molecule has 0 amide bonds. The zero-order valence-corrected chi connectivity index (χ0v) is 8.89. The summed E-state index contributed by atoms with van der Waals surface area (Å²) >= 11 is 0. The zero-order valence-electron chi connectivity index (χ0n) is 8.89. The Morgan fingerprint density at radius 3 is 3.29 bits per heavy atom. The van der Waals surface area contributed by atoms with E-state index in [9.17, 15) is 4.39 Å². The summed E-state index contributed by atoms with van der Waals surface area (Å²) < 4.78 is 19.0. The van der Waals surface area contributed by atoms with Crippen LogP contribution in [-0.2, 0) is 4.74 Å². The van der Waals surface area contributed by atoms with E-state index in [0.29, 0.717) is 12.8 Å². The normalized spacial score (nSPS) is 36.7. The van der Waals surface area contributed by atoms with Crippen LogP contribution in [0, 0.1) is 5.41 Å². The maximum absolute atomic E-state index is 13.5. The molecule has 2 unspecified atom stereocenters. The lowest BCUT2D eigenvalue weighted by atomic mass is 9.66. The minimum atomic E-state index is -0.629. The number of ether oxygens (including phenoxy) is 1. The largest absolute Gasteiger partial charge is 0.381 e. The van der Waals surface area contributed by atoms with Crippen molar-refractivity contribution in [2.24, 2.45) is 5.41 Å². The van der Waals surface area contributed by atoms with Crippen LogP contribution < -0.4 is 0 Å². The van der Waals surface area contributed by atoms with Gasteiger partial charge in [0.2, 0.25) is 0 Å². The number of fused-ring (bicyclic) bond motifs is 2. The molecule has 0 saturated heterocycles. The summed E-state index contributed by atoms with van der Waals surface area (Å²) in [6, 6.07) is 0. The summed E-state index contributed by atoms with van der Waals surface area (Å²) in [6.45, 7) is 3.50. The standard InChI is InChI=1S/C12H19FO/c1-2-14-9-12-5-3-4-10(7-12)6-11(13)8-12/h4,11H,2-3,5-9H2,1H3. The summed E-state index contributed by atoms with van der Waals surface area (Å²) in [6.07, 6.45) is 6.30. The van der Waals surface area contributed by atoms with Crippen LogP contribution in [0.4, 0.5) is 4.39 Å². The predicted octanol–water partition coefficient (Wildman–Crippen LogP) is 3.25. The molecular weight excluding hydrogens is 179 g/mol. The third-order valence-corrected chi connectivity index (χ3v) is 3.46. The van der Waals surface area contributed by atoms with E-state index in [4.69, 9.17) is 4.74 Å². The topological polar surface area (TPSA) is 9.23 Å². The second-order valence-corrected chi connectivity index (χ2v) is 4.72. The van der Waals surface area contributed by atoms with Gasteiger partial charge in [0.05, 0.1) is 6.61 Å². The van der Waals surface area contributed by atoms with Crippen molar-refractivity contribution in [2.45, 2.75) is 45.2 Å². The fourth-order valence-electron chi connectivity index (χ4n) is 2.88. The van der Waals surface area contributed by atoms with E-state index in [0.717, 1.165) is 32.5 Å². The van der Waals surface area contributed by atoms with Crippen LogP contribution in [0.15, 0.2) is 11.6 Å². The third kappa shape index (κ3) is 2.00. The summed E-state index contributed by atoms with van der Waals surface area (Å²) in [7, 11) is 0. The van der Waals surface area contributed by atoms with Crippen LogP contribution in [0.1, 0.15) is 39.0 Å². The van der Waals surface area contributed by atoms with Crippen molar-refractivity contribution < 1.29 is 9.13 Å². The lowest BCUT2D eigenvalue weighted by Gasteiger charge is -2.42. The van der Waals surface area contributed by atoms with Crippen molar-refractivity contribution in [2.75, 3.05) is 13.2 Å². The Kier molecular flexibility index (Phi) is 2.91. The molecule has 2 heteroatoms. The quantitative estimate of drug-likeness (QED) is 0.632. The number of halogens is 1. The van der Waals surface area contributed by atoms with E-state index in [1.54, 1.807) is 0 Å². The minimum absolute atomic E-state index is 0.137. The molecule has 0 N–H and O–H groups in total. The second kappa shape index (κ2) is 4.01. The molecule has 2 rings (SSSR count). The van der Waals surface area contributed by atoms with Gasteiger partial charge in [-0.1, -0.05) is 11.6 Å². The highest BCUT2D eigenvalue weighted by Crippen LogP contribution is 2.47. The summed E-state index contributed by atoms with van der Waals surface area (Å²) in [5.41, 5.74) is 1.47. The van der Waals surface area contributed by atoms with E-state index >= 15 is 0 Å². The molecule has 14 heavy (non-hydrogen) atoms. The van der Waals surface area contributed by atoms with E-state index in [-0.39, 0.29) is 5.41 Å². The predicted molar refractivity (Wildman–Crippen MR) is 55.0 cm³/mol. The van der Waals surface area contributed by atoms with E-state index in [1.165, 1.54) is 5.57 Å². The second-order valence-electron chi connectivity index (χ2n) is 4.72. The highest BCUT2D eigenvalue weighted by molar-refractivity contribution is 5.16. The Labute approximate surface area is 85.3 Å². The van der Waals surface area contributed by atoms with Crippen LogP contribution >= 0.6 is 0 Å². The molecule has 0 radical (unpaired) electrons. The lowest BCUT2D eigenvalue weighted by Crippen LogP contribution is -2.37. The maximum atomic E-state index is 13.5. The first-order valence-corrected chi connectivity index (χ1v) is 5.64. The fraction of sp³-hybridized carbons (Fsp3) is 0.833. The summed E-state index contributed by atoms with van der Waals surface area (Å²) in [5, 5.41) is 0. The molecule has 0 heterocycles. The number of hydrogen-bond donors (Lipinski definition) is 0. The Bertz CT molecular complexity index is 236. The van der Waals surface area contributed by atoms with Gasteiger partial charge >= 0.3 is 0 Å². The molecule has 1 nitrogen and oxygen atoms in total. The molecule has 2 aliphatic carbocycles. The highest BCUT2D eigenvalue weighted by Gasteiger charge is 2.40. The first kappa shape index (κ1) is 10.2. The first-order chi connectivity index (χ1) is 6.74. The molecule has 0 aromatic rings. The van der Waals surface area contributed by atoms with Gasteiger partial charge in [0.15, 0.2) is 0 Å². The van der Waals surface area contributed by atoms with Crippen molar-refractivity contribution >= 4 is 0 Å². The minimum Gasteiger partial charge on any atom is -0.381 e. The van der Waals surface area contributed by atoms with Gasteiger partial charge in [0.25, 0.3) is 0 Å². The number of hydrogen-bond acceptors (Lipinski definition) is 1. The summed E-state index contributed by atoms with van der Waals surface area (Å²) in [4.78, 5) is 0. The molecule has 1 fully saturated rings. The average molecular weight is 198 g/mol. The van der Waals surface area contributed by atoms with Crippen LogP contribution in [0.25, 0.3) is 0 Å². The SMILES string of the molecule is CCOCC12CCC=C(CC(F)C1)C2. The molecule has 0 spiro atoms. The number of rotatable bonds is 3. The Balaban J connectivity index is 2.06. The number of alkyl halides is 1. The molecular formula is C12H19FO. The van der Waals surface area contributed by atoms with Gasteiger partial charge in [-0.25, -0.2) is 4.39 Å². The van der Waals surface area contributed by atoms with Crippen LogP contribution in [0.2, 0.25) is 0 Å². The number of allylic oxidation sites excluding steroid dienone is 2. The van der Waals surface area contributed by atoms with E-state index in [1.807, 2.05) is 6.92 Å². The first-order valence-electron chi connectivity index (χ1n) is 5.64. The summed E-state index contributed by atoms with van der Waals surface area (Å²) in [5.74, 6) is 0. The van der Waals surface area contributed by atoms with Gasteiger partial charge in [0.1, 0.15) is 6.17 Å². The van der Waals surface area contributed by atoms with Crippen LogP contribution in [0.3, 0.4) is 0 Å². The molecule has 0 aromatic heterocycles. The fourth-order valence-corrected chi connectivity index (χ4v) is 2.88. The van der Waals surface area contributed by atoms with Gasteiger partial charge < -0.3 is 4.74 Å². The molecule has 0 aromatic carbocycles. The molecule has 80 valence electrons. The van der Waals surface area contributed by atoms with Crippen molar-refractivity contribution in [1.29, 1.82) is 0 Å². The van der Waals surface area contributed by atoms with Gasteiger partial charge in [0, 0.05) is 12.0 Å². The van der Waals surface area contributed by atoms with Gasteiger partial charge in [-0.05, 0) is 39.0 Å². The highest BCUT2D eigenvalue weighted by atomic mass is 19.1. The van der Waals surface area contributed by atoms with Gasteiger partial charge in [-0.2, -0.15) is 0 Å². The van der Waals surface area contributed by atoms with Crippen molar-refractivity contribution in [3.8, 4) is 0 Å². The van der Waals surface area contributed by atoms with E-state index < -0.39 is 6.17 Å². The van der Waals surface area contributed by atoms with Crippen molar-refractivity contribution in [1.82, 2.24) is 0 Å². The Morgan fingerprint density at radius 2 is 2.50 bits per heavy atom. The zero-order chi connectivity index (χ0) is 10.0. The molecule has 2 atom stereocenters. The average Bonchev–Trinajstić information content (AvgIpc) is 2.14. The maximum Gasteiger partial charge on any atom is 0.104 e. The Morgan fingerprint density at radius 1 is 1.64 bits per heavy atom. The van der Waals surface area contributed by atoms with Gasteiger partial charge in [-0.3, -0.25) is 0 Å². The van der Waals surface area contributed by atoms with Crippen LogP contribution in [0.5, 0.6) is 0 Å². The third-order valence-electron chi connectivity index (χ3n) is 3.46. The molecule has 1 saturated carbocycles.